The summed E-state index contributed by atoms with van der Waals surface area (Å²) in [6.45, 7) is 3.11. The van der Waals surface area contributed by atoms with E-state index >= 15 is 0 Å². The molecule has 1 unspecified atom stereocenters. The smallest absolute Gasteiger partial charge is 0.119 e. The van der Waals surface area contributed by atoms with Gasteiger partial charge in [0.25, 0.3) is 0 Å². The van der Waals surface area contributed by atoms with Crippen LogP contribution in [0.15, 0.2) is 54.6 Å². The maximum atomic E-state index is 5.26. The van der Waals surface area contributed by atoms with Crippen molar-refractivity contribution >= 4 is 0 Å². The van der Waals surface area contributed by atoms with Crippen molar-refractivity contribution in [1.82, 2.24) is 5.32 Å². The van der Waals surface area contributed by atoms with Crippen molar-refractivity contribution in [1.29, 1.82) is 0 Å². The molecule has 0 spiro atoms. The first-order valence-corrected chi connectivity index (χ1v) is 7.22. The first-order valence-electron chi connectivity index (χ1n) is 7.22. The molecule has 2 aromatic rings. The van der Waals surface area contributed by atoms with E-state index < -0.39 is 0 Å². The summed E-state index contributed by atoms with van der Waals surface area (Å²) >= 11 is 0. The van der Waals surface area contributed by atoms with E-state index in [1.165, 1.54) is 11.1 Å². The number of hydrogen-bond acceptors (Lipinski definition) is 2. The highest BCUT2D eigenvalue weighted by Crippen LogP contribution is 2.13. The third kappa shape index (κ3) is 4.39. The minimum atomic E-state index is 0.503. The van der Waals surface area contributed by atoms with E-state index in [4.69, 9.17) is 4.74 Å². The van der Waals surface area contributed by atoms with E-state index in [0.29, 0.717) is 6.04 Å². The third-order valence-electron chi connectivity index (χ3n) is 3.55. The average molecular weight is 269 g/mol. The maximum absolute atomic E-state index is 5.26. The van der Waals surface area contributed by atoms with Crippen LogP contribution in [0.2, 0.25) is 0 Å². The van der Waals surface area contributed by atoms with Crippen molar-refractivity contribution in [3.05, 3.63) is 65.7 Å². The van der Waals surface area contributed by atoms with Gasteiger partial charge in [0.2, 0.25) is 0 Å². The number of methoxy groups -OCH3 is 1. The van der Waals surface area contributed by atoms with Crippen LogP contribution >= 0.6 is 0 Å². The predicted molar refractivity (Wildman–Crippen MR) is 84.1 cm³/mol. The normalized spacial score (nSPS) is 12.1. The summed E-state index contributed by atoms with van der Waals surface area (Å²) in [5.41, 5.74) is 2.65. The van der Waals surface area contributed by atoms with Crippen molar-refractivity contribution < 1.29 is 4.74 Å². The molecule has 20 heavy (non-hydrogen) atoms. The van der Waals surface area contributed by atoms with Crippen molar-refractivity contribution in [2.45, 2.75) is 32.4 Å². The van der Waals surface area contributed by atoms with Crippen LogP contribution in [0, 0.1) is 0 Å². The molecule has 0 saturated heterocycles. The fraction of sp³-hybridized carbons (Fsp3) is 0.333. The van der Waals surface area contributed by atoms with Gasteiger partial charge in [-0.25, -0.2) is 0 Å². The largest absolute Gasteiger partial charge is 0.497 e. The molecule has 0 amide bonds. The SMILES string of the molecule is CCC(Cc1ccccc1)NCc1cccc(OC)c1. The van der Waals surface area contributed by atoms with E-state index in [-0.39, 0.29) is 0 Å². The second kappa shape index (κ2) is 7.71. The van der Waals surface area contributed by atoms with Gasteiger partial charge in [0.1, 0.15) is 5.75 Å². The summed E-state index contributed by atoms with van der Waals surface area (Å²) in [5.74, 6) is 0.917. The topological polar surface area (TPSA) is 21.3 Å². The second-order valence-electron chi connectivity index (χ2n) is 5.03. The van der Waals surface area contributed by atoms with Gasteiger partial charge in [-0.3, -0.25) is 0 Å². The fourth-order valence-corrected chi connectivity index (χ4v) is 2.30. The lowest BCUT2D eigenvalue weighted by Gasteiger charge is -2.17. The van der Waals surface area contributed by atoms with Gasteiger partial charge in [-0.05, 0) is 36.1 Å². The molecule has 0 aliphatic carbocycles. The average Bonchev–Trinajstić information content (AvgIpc) is 2.52. The van der Waals surface area contributed by atoms with Gasteiger partial charge in [0.05, 0.1) is 7.11 Å². The Kier molecular flexibility index (Phi) is 5.63. The summed E-state index contributed by atoms with van der Waals surface area (Å²) in [6, 6.07) is 19.4. The molecular formula is C18H23NO. The molecule has 2 nitrogen and oxygen atoms in total. The molecule has 0 radical (unpaired) electrons. The van der Waals surface area contributed by atoms with Crippen molar-refractivity contribution in [3.8, 4) is 5.75 Å². The monoisotopic (exact) mass is 269 g/mol. The van der Waals surface area contributed by atoms with Crippen LogP contribution in [0.25, 0.3) is 0 Å². The van der Waals surface area contributed by atoms with E-state index in [9.17, 15) is 0 Å². The second-order valence-corrected chi connectivity index (χ2v) is 5.03. The lowest BCUT2D eigenvalue weighted by molar-refractivity contribution is 0.413. The van der Waals surface area contributed by atoms with E-state index in [0.717, 1.165) is 25.1 Å². The molecule has 0 saturated carbocycles. The molecule has 2 aromatic carbocycles. The van der Waals surface area contributed by atoms with Gasteiger partial charge >= 0.3 is 0 Å². The Bertz CT molecular complexity index is 510. The van der Waals surface area contributed by atoms with Gasteiger partial charge in [-0.1, -0.05) is 49.4 Å². The van der Waals surface area contributed by atoms with Crippen molar-refractivity contribution in [3.63, 3.8) is 0 Å². The molecule has 1 N–H and O–H groups in total. The standard InChI is InChI=1S/C18H23NO/c1-3-17(12-15-8-5-4-6-9-15)19-14-16-10-7-11-18(13-16)20-2/h4-11,13,17,19H,3,12,14H2,1-2H3. The van der Waals surface area contributed by atoms with Gasteiger partial charge < -0.3 is 10.1 Å². The Morgan fingerprint density at radius 2 is 1.75 bits per heavy atom. The number of hydrogen-bond donors (Lipinski definition) is 1. The number of ether oxygens (including phenoxy) is 1. The number of benzene rings is 2. The summed E-state index contributed by atoms with van der Waals surface area (Å²) in [6.07, 6.45) is 2.19. The molecule has 1 atom stereocenters. The maximum Gasteiger partial charge on any atom is 0.119 e. The van der Waals surface area contributed by atoms with Crippen LogP contribution in [0.4, 0.5) is 0 Å². The zero-order valence-electron chi connectivity index (χ0n) is 12.3. The lowest BCUT2D eigenvalue weighted by Crippen LogP contribution is -2.30. The van der Waals surface area contributed by atoms with E-state index in [1.54, 1.807) is 7.11 Å². The summed E-state index contributed by atoms with van der Waals surface area (Å²) < 4.78 is 5.26. The fourth-order valence-electron chi connectivity index (χ4n) is 2.30. The number of nitrogens with one attached hydrogen (secondary N) is 1. The molecule has 2 heteroatoms. The van der Waals surface area contributed by atoms with E-state index in [1.807, 2.05) is 12.1 Å². The Morgan fingerprint density at radius 3 is 2.45 bits per heavy atom. The van der Waals surface area contributed by atoms with Gasteiger partial charge in [0.15, 0.2) is 0 Å². The molecule has 2 rings (SSSR count). The summed E-state index contributed by atoms with van der Waals surface area (Å²) in [7, 11) is 1.71. The molecule has 0 fully saturated rings. The highest BCUT2D eigenvalue weighted by Gasteiger charge is 2.07. The first kappa shape index (κ1) is 14.6. The molecule has 106 valence electrons. The Labute approximate surface area is 121 Å². The van der Waals surface area contributed by atoms with Crippen LogP contribution in [0.1, 0.15) is 24.5 Å². The van der Waals surface area contributed by atoms with Gasteiger partial charge in [-0.15, -0.1) is 0 Å². The van der Waals surface area contributed by atoms with Crippen molar-refractivity contribution in [2.75, 3.05) is 7.11 Å². The van der Waals surface area contributed by atoms with Crippen LogP contribution in [0.5, 0.6) is 5.75 Å². The van der Waals surface area contributed by atoms with Gasteiger partial charge in [-0.2, -0.15) is 0 Å². The summed E-state index contributed by atoms with van der Waals surface area (Å²) in [5, 5.41) is 3.63. The van der Waals surface area contributed by atoms with Crippen LogP contribution in [-0.2, 0) is 13.0 Å². The van der Waals surface area contributed by atoms with Crippen LogP contribution in [0.3, 0.4) is 0 Å². The lowest BCUT2D eigenvalue weighted by atomic mass is 10.0. The predicted octanol–water partition coefficient (Wildman–Crippen LogP) is 3.81. The molecule has 0 bridgehead atoms. The van der Waals surface area contributed by atoms with Crippen LogP contribution in [-0.4, -0.2) is 13.2 Å². The minimum absolute atomic E-state index is 0.503. The Balaban J connectivity index is 1.90. The van der Waals surface area contributed by atoms with E-state index in [2.05, 4.69) is 54.7 Å². The minimum Gasteiger partial charge on any atom is -0.497 e. The Hall–Kier alpha value is -1.80. The Morgan fingerprint density at radius 1 is 1.00 bits per heavy atom. The van der Waals surface area contributed by atoms with Gasteiger partial charge in [0, 0.05) is 12.6 Å². The zero-order valence-corrected chi connectivity index (χ0v) is 12.3. The van der Waals surface area contributed by atoms with Crippen LogP contribution < -0.4 is 10.1 Å². The molecule has 0 aliphatic rings. The van der Waals surface area contributed by atoms with Crippen molar-refractivity contribution in [2.24, 2.45) is 0 Å². The molecule has 0 aliphatic heterocycles. The molecular weight excluding hydrogens is 246 g/mol. The summed E-state index contributed by atoms with van der Waals surface area (Å²) in [4.78, 5) is 0. The quantitative estimate of drug-likeness (QED) is 0.825. The highest BCUT2D eigenvalue weighted by molar-refractivity contribution is 5.28. The molecule has 0 aromatic heterocycles. The molecule has 0 heterocycles. The highest BCUT2D eigenvalue weighted by atomic mass is 16.5. The number of rotatable bonds is 7. The third-order valence-corrected chi connectivity index (χ3v) is 3.55. The zero-order chi connectivity index (χ0) is 14.2. The first-order chi connectivity index (χ1) is 9.81.